The van der Waals surface area contributed by atoms with E-state index in [4.69, 9.17) is 0 Å². The Kier molecular flexibility index (Phi) is 4.33. The van der Waals surface area contributed by atoms with Crippen molar-refractivity contribution in [2.75, 3.05) is 5.17 Å². The van der Waals surface area contributed by atoms with Crippen LogP contribution >= 0.6 is 0 Å². The molecule has 0 N–H and O–H groups in total. The molecule has 0 aromatic heterocycles. The summed E-state index contributed by atoms with van der Waals surface area (Å²) in [7, 11) is 0. The summed E-state index contributed by atoms with van der Waals surface area (Å²) < 4.78 is 0. The maximum atomic E-state index is 12.6. The highest BCUT2D eigenvalue weighted by molar-refractivity contribution is 5.60. The standard InChI is InChI=1S/C18H22N2O2/c1-11-7-13(3)17(14(4)8-11)19(21)20(22)18-15(5)9-12(2)10-16(18)6/h7-10H,1-6H3. The molecule has 0 saturated heterocycles. The lowest BCUT2D eigenvalue weighted by atomic mass is 10.0. The van der Waals surface area contributed by atoms with E-state index in [1.807, 2.05) is 65.8 Å². The first-order chi connectivity index (χ1) is 10.2. The van der Waals surface area contributed by atoms with Crippen LogP contribution in [0.25, 0.3) is 0 Å². The Morgan fingerprint density at radius 1 is 0.773 bits per heavy atom. The summed E-state index contributed by atoms with van der Waals surface area (Å²) in [6.45, 7) is 11.3. The van der Waals surface area contributed by atoms with Gasteiger partial charge in [0.05, 0.1) is 10.6 Å². The number of rotatable bonds is 3. The maximum absolute atomic E-state index is 12.6. The van der Waals surface area contributed by atoms with Crippen LogP contribution in [-0.4, -0.2) is 4.87 Å². The van der Waals surface area contributed by atoms with Crippen molar-refractivity contribution in [2.24, 2.45) is 0 Å². The molecule has 0 aliphatic rings. The molecule has 116 valence electrons. The van der Waals surface area contributed by atoms with Crippen LogP contribution in [0.4, 0.5) is 11.4 Å². The Hall–Kier alpha value is -2.20. The largest absolute Gasteiger partial charge is 0.699 e. The van der Waals surface area contributed by atoms with Crippen molar-refractivity contribution >= 4 is 11.4 Å². The molecule has 0 unspecified atom stereocenters. The van der Waals surface area contributed by atoms with E-state index in [2.05, 4.69) is 0 Å². The molecule has 0 heterocycles. The number of hydrogen-bond donors (Lipinski definition) is 0. The fourth-order valence-corrected chi connectivity index (χ4v) is 3.13. The second kappa shape index (κ2) is 5.89. The summed E-state index contributed by atoms with van der Waals surface area (Å²) in [4.78, 5) is 13.1. The van der Waals surface area contributed by atoms with Gasteiger partial charge in [-0.05, 0) is 64.8 Å². The molecule has 0 radical (unpaired) electrons. The first kappa shape index (κ1) is 16.2. The van der Waals surface area contributed by atoms with Crippen molar-refractivity contribution < 1.29 is 4.87 Å². The van der Waals surface area contributed by atoms with E-state index in [1.165, 1.54) is 0 Å². The van der Waals surface area contributed by atoms with Gasteiger partial charge in [0.25, 0.3) is 5.69 Å². The van der Waals surface area contributed by atoms with Gasteiger partial charge >= 0.3 is 0 Å². The molecule has 22 heavy (non-hydrogen) atoms. The Morgan fingerprint density at radius 2 is 1.14 bits per heavy atom. The van der Waals surface area contributed by atoms with Crippen LogP contribution in [0.15, 0.2) is 24.3 Å². The molecule has 0 atom stereocenters. The molecule has 0 bridgehead atoms. The van der Waals surface area contributed by atoms with E-state index in [-0.39, 0.29) is 0 Å². The monoisotopic (exact) mass is 298 g/mol. The van der Waals surface area contributed by atoms with Crippen molar-refractivity contribution in [1.82, 2.24) is 0 Å². The van der Waals surface area contributed by atoms with Crippen molar-refractivity contribution in [1.29, 1.82) is 0 Å². The van der Waals surface area contributed by atoms with Gasteiger partial charge in [0, 0.05) is 11.1 Å². The molecule has 0 fully saturated rings. The van der Waals surface area contributed by atoms with Gasteiger partial charge in [0.1, 0.15) is 0 Å². The number of aryl methyl sites for hydroxylation is 6. The SMILES string of the molecule is Cc1cc(C)c(N([O-])[N+](=O)c2c(C)cc(C)cc2C)c(C)c1. The van der Waals surface area contributed by atoms with E-state index < -0.39 is 0 Å². The highest BCUT2D eigenvalue weighted by Gasteiger charge is 2.26. The van der Waals surface area contributed by atoms with Gasteiger partial charge in [0.15, 0.2) is 4.87 Å². The average Bonchev–Trinajstić information content (AvgIpc) is 2.35. The van der Waals surface area contributed by atoms with Gasteiger partial charge in [-0.15, -0.1) is 0 Å². The highest BCUT2D eigenvalue weighted by Crippen LogP contribution is 2.31. The van der Waals surface area contributed by atoms with Gasteiger partial charge in [-0.1, -0.05) is 23.3 Å². The van der Waals surface area contributed by atoms with Gasteiger partial charge < -0.3 is 5.21 Å². The lowest BCUT2D eigenvalue weighted by Gasteiger charge is -2.23. The normalized spacial score (nSPS) is 10.7. The molecule has 2 aromatic rings. The molecule has 0 aliphatic carbocycles. The number of nitroso groups, excluding NO2 is 1. The zero-order chi connectivity index (χ0) is 16.6. The molecular weight excluding hydrogens is 276 g/mol. The Morgan fingerprint density at radius 3 is 1.55 bits per heavy atom. The van der Waals surface area contributed by atoms with Crippen LogP contribution < -0.4 is 5.17 Å². The summed E-state index contributed by atoms with van der Waals surface area (Å²) in [5, 5.41) is 13.1. The fourth-order valence-electron chi connectivity index (χ4n) is 3.13. The average molecular weight is 298 g/mol. The second-order valence-electron chi connectivity index (χ2n) is 6.04. The van der Waals surface area contributed by atoms with Gasteiger partial charge in [-0.25, -0.2) is 0 Å². The highest BCUT2D eigenvalue weighted by atomic mass is 16.6. The molecule has 0 spiro atoms. The number of benzene rings is 2. The minimum absolute atomic E-state index is 0.417. The van der Waals surface area contributed by atoms with Crippen LogP contribution in [0.2, 0.25) is 0 Å². The molecule has 2 aromatic carbocycles. The molecule has 0 amide bonds. The van der Waals surface area contributed by atoms with E-state index >= 15 is 0 Å². The van der Waals surface area contributed by atoms with Crippen LogP contribution in [0.3, 0.4) is 0 Å². The van der Waals surface area contributed by atoms with Crippen LogP contribution in [0.5, 0.6) is 0 Å². The second-order valence-corrected chi connectivity index (χ2v) is 6.04. The quantitative estimate of drug-likeness (QED) is 0.600. The van der Waals surface area contributed by atoms with E-state index in [9.17, 15) is 10.1 Å². The molecular formula is C18H22N2O2. The molecule has 0 aliphatic heterocycles. The molecule has 4 nitrogen and oxygen atoms in total. The number of hydrazine groups is 1. The predicted molar refractivity (Wildman–Crippen MR) is 90.4 cm³/mol. The van der Waals surface area contributed by atoms with Crippen molar-refractivity contribution in [3.8, 4) is 0 Å². The fraction of sp³-hybridized carbons (Fsp3) is 0.333. The third kappa shape index (κ3) is 2.88. The predicted octanol–water partition coefficient (Wildman–Crippen LogP) is 4.87. The minimum Gasteiger partial charge on any atom is -0.699 e. The van der Waals surface area contributed by atoms with Gasteiger partial charge in [-0.3, -0.25) is 0 Å². The first-order valence-electron chi connectivity index (χ1n) is 7.32. The molecule has 2 rings (SSSR count). The summed E-state index contributed by atoms with van der Waals surface area (Å²) in [5.41, 5.74) is 6.19. The lowest BCUT2D eigenvalue weighted by Crippen LogP contribution is -2.26. The summed E-state index contributed by atoms with van der Waals surface area (Å²) in [5.74, 6) is 0. The van der Waals surface area contributed by atoms with E-state index in [0.29, 0.717) is 21.4 Å². The van der Waals surface area contributed by atoms with Crippen molar-refractivity contribution in [3.05, 3.63) is 67.8 Å². The lowest BCUT2D eigenvalue weighted by molar-refractivity contribution is -0.469. The van der Waals surface area contributed by atoms with E-state index in [0.717, 1.165) is 33.4 Å². The van der Waals surface area contributed by atoms with Gasteiger partial charge in [0.2, 0.25) is 0 Å². The topological polar surface area (TPSA) is 46.4 Å². The van der Waals surface area contributed by atoms with Crippen LogP contribution in [0.1, 0.15) is 33.4 Å². The van der Waals surface area contributed by atoms with E-state index in [1.54, 1.807) is 0 Å². The first-order valence-corrected chi connectivity index (χ1v) is 7.32. The maximum Gasteiger partial charge on any atom is 0.297 e. The third-order valence-corrected chi connectivity index (χ3v) is 3.82. The minimum atomic E-state index is 0.417. The van der Waals surface area contributed by atoms with Crippen molar-refractivity contribution in [3.63, 3.8) is 0 Å². The third-order valence-electron chi connectivity index (χ3n) is 3.82. The number of anilines is 1. The molecule has 4 heteroatoms. The Balaban J connectivity index is 2.51. The smallest absolute Gasteiger partial charge is 0.297 e. The Labute approximate surface area is 131 Å². The van der Waals surface area contributed by atoms with Gasteiger partial charge in [-0.2, -0.15) is 5.17 Å². The Bertz CT molecular complexity index is 705. The zero-order valence-corrected chi connectivity index (χ0v) is 14.0. The summed E-state index contributed by atoms with van der Waals surface area (Å²) in [6, 6.07) is 7.65. The zero-order valence-electron chi connectivity index (χ0n) is 14.0. The number of nitrogens with zero attached hydrogens (tertiary/aromatic N) is 2. The van der Waals surface area contributed by atoms with Crippen molar-refractivity contribution in [2.45, 2.75) is 41.5 Å². The summed E-state index contributed by atoms with van der Waals surface area (Å²) >= 11 is 0. The summed E-state index contributed by atoms with van der Waals surface area (Å²) in [6.07, 6.45) is 0. The van der Waals surface area contributed by atoms with Crippen LogP contribution in [-0.2, 0) is 0 Å². The van der Waals surface area contributed by atoms with Crippen LogP contribution in [0, 0.1) is 51.7 Å². The number of hydrogen-bond acceptors (Lipinski definition) is 2. The molecule has 0 saturated carbocycles.